The topological polar surface area (TPSA) is 12.5 Å². The molecule has 1 heteroatoms. The average molecular weight is 164 g/mol. The fraction of sp³-hybridized carbons (Fsp3) is 1.00. The highest BCUT2D eigenvalue weighted by Crippen LogP contribution is 2.68. The first kappa shape index (κ1) is 6.42. The molecule has 0 N–H and O–H groups in total. The molecule has 4 fully saturated rings. The average Bonchev–Trinajstić information content (AvgIpc) is 2.81. The van der Waals surface area contributed by atoms with Crippen LogP contribution in [0.1, 0.15) is 38.5 Å². The SMILES string of the molecule is C1CC12C[C@@H]1CC3(CO3)C[C@@H]1C2. The normalized spacial score (nSPS) is 58.0. The highest BCUT2D eigenvalue weighted by Gasteiger charge is 2.62. The van der Waals surface area contributed by atoms with E-state index in [4.69, 9.17) is 4.74 Å². The van der Waals surface area contributed by atoms with Gasteiger partial charge in [0.25, 0.3) is 0 Å². The molecule has 4 rings (SSSR count). The first-order valence-electron chi connectivity index (χ1n) is 5.43. The van der Waals surface area contributed by atoms with Crippen LogP contribution in [0.3, 0.4) is 0 Å². The highest BCUT2D eigenvalue weighted by molar-refractivity contribution is 5.12. The van der Waals surface area contributed by atoms with Crippen LogP contribution in [0, 0.1) is 17.3 Å². The Kier molecular flexibility index (Phi) is 0.863. The Morgan fingerprint density at radius 3 is 1.92 bits per heavy atom. The van der Waals surface area contributed by atoms with E-state index in [9.17, 15) is 0 Å². The van der Waals surface area contributed by atoms with Crippen molar-refractivity contribution in [2.24, 2.45) is 17.3 Å². The zero-order valence-corrected chi connectivity index (χ0v) is 7.51. The third kappa shape index (κ3) is 0.693. The number of hydrogen-bond donors (Lipinski definition) is 0. The maximum Gasteiger partial charge on any atom is 0.0922 e. The fourth-order valence-electron chi connectivity index (χ4n) is 3.97. The second-order valence-corrected chi connectivity index (χ2v) is 5.81. The third-order valence-corrected chi connectivity index (χ3v) is 4.84. The number of rotatable bonds is 0. The molecule has 1 unspecified atom stereocenters. The van der Waals surface area contributed by atoms with E-state index in [0.717, 1.165) is 23.9 Å². The molecule has 0 bridgehead atoms. The van der Waals surface area contributed by atoms with Crippen molar-refractivity contribution in [2.45, 2.75) is 44.1 Å². The summed E-state index contributed by atoms with van der Waals surface area (Å²) in [4.78, 5) is 0. The van der Waals surface area contributed by atoms with Gasteiger partial charge in [-0.3, -0.25) is 0 Å². The van der Waals surface area contributed by atoms with Gasteiger partial charge in [0.2, 0.25) is 0 Å². The van der Waals surface area contributed by atoms with Gasteiger partial charge in [-0.05, 0) is 55.8 Å². The predicted octanol–water partition coefficient (Wildman–Crippen LogP) is 2.36. The molecular formula is C11H16O. The monoisotopic (exact) mass is 164 g/mol. The maximum absolute atomic E-state index is 5.58. The Morgan fingerprint density at radius 1 is 0.917 bits per heavy atom. The lowest BCUT2D eigenvalue weighted by Crippen LogP contribution is -2.07. The summed E-state index contributed by atoms with van der Waals surface area (Å²) in [5, 5.41) is 0. The van der Waals surface area contributed by atoms with E-state index >= 15 is 0 Å². The molecule has 3 atom stereocenters. The lowest BCUT2D eigenvalue weighted by molar-refractivity contribution is 0.283. The molecule has 4 aliphatic rings. The minimum Gasteiger partial charge on any atom is -0.370 e. The number of fused-ring (bicyclic) bond motifs is 1. The van der Waals surface area contributed by atoms with Crippen LogP contribution in [0.4, 0.5) is 0 Å². The van der Waals surface area contributed by atoms with Gasteiger partial charge in [0.15, 0.2) is 0 Å². The zero-order chi connectivity index (χ0) is 7.81. The van der Waals surface area contributed by atoms with Crippen molar-refractivity contribution in [2.75, 3.05) is 6.61 Å². The van der Waals surface area contributed by atoms with Gasteiger partial charge in [-0.15, -0.1) is 0 Å². The van der Waals surface area contributed by atoms with Gasteiger partial charge in [0.05, 0.1) is 12.2 Å². The number of hydrogen-bond acceptors (Lipinski definition) is 1. The van der Waals surface area contributed by atoms with Crippen molar-refractivity contribution in [3.63, 3.8) is 0 Å². The van der Waals surface area contributed by atoms with E-state index in [2.05, 4.69) is 0 Å². The van der Waals surface area contributed by atoms with Gasteiger partial charge in [-0.2, -0.15) is 0 Å². The van der Waals surface area contributed by atoms with Gasteiger partial charge >= 0.3 is 0 Å². The van der Waals surface area contributed by atoms with Crippen molar-refractivity contribution in [3.05, 3.63) is 0 Å². The van der Waals surface area contributed by atoms with Crippen molar-refractivity contribution in [1.82, 2.24) is 0 Å². The van der Waals surface area contributed by atoms with Crippen LogP contribution in [0.5, 0.6) is 0 Å². The second kappa shape index (κ2) is 1.61. The lowest BCUT2D eigenvalue weighted by Gasteiger charge is -2.08. The smallest absolute Gasteiger partial charge is 0.0922 e. The quantitative estimate of drug-likeness (QED) is 0.501. The fourth-order valence-corrected chi connectivity index (χ4v) is 3.97. The summed E-state index contributed by atoms with van der Waals surface area (Å²) in [6.45, 7) is 1.09. The molecule has 0 aromatic carbocycles. The first-order valence-corrected chi connectivity index (χ1v) is 5.43. The van der Waals surface area contributed by atoms with Crippen LogP contribution in [-0.2, 0) is 4.74 Å². The van der Waals surface area contributed by atoms with E-state index in [1.807, 2.05) is 0 Å². The molecule has 3 saturated carbocycles. The molecule has 3 aliphatic carbocycles. The van der Waals surface area contributed by atoms with Gasteiger partial charge in [0.1, 0.15) is 0 Å². The van der Waals surface area contributed by atoms with Crippen molar-refractivity contribution in [3.8, 4) is 0 Å². The molecule has 66 valence electrons. The summed E-state index contributed by atoms with van der Waals surface area (Å²) in [6, 6.07) is 0. The minimum atomic E-state index is 0.436. The van der Waals surface area contributed by atoms with Crippen LogP contribution in [0.15, 0.2) is 0 Å². The van der Waals surface area contributed by atoms with E-state index in [1.54, 1.807) is 25.7 Å². The van der Waals surface area contributed by atoms with Gasteiger partial charge in [-0.25, -0.2) is 0 Å². The molecule has 1 saturated heterocycles. The maximum atomic E-state index is 5.58. The zero-order valence-electron chi connectivity index (χ0n) is 7.51. The highest BCUT2D eigenvalue weighted by atomic mass is 16.6. The Bertz CT molecular complexity index is 195. The van der Waals surface area contributed by atoms with Gasteiger partial charge in [-0.1, -0.05) is 0 Å². The van der Waals surface area contributed by atoms with Gasteiger partial charge < -0.3 is 4.74 Å². The largest absolute Gasteiger partial charge is 0.370 e. The summed E-state index contributed by atoms with van der Waals surface area (Å²) in [5.41, 5.74) is 1.32. The molecular weight excluding hydrogens is 148 g/mol. The van der Waals surface area contributed by atoms with Crippen LogP contribution >= 0.6 is 0 Å². The summed E-state index contributed by atoms with van der Waals surface area (Å²) in [5.74, 6) is 2.13. The van der Waals surface area contributed by atoms with E-state index in [1.165, 1.54) is 12.8 Å². The van der Waals surface area contributed by atoms with E-state index in [-0.39, 0.29) is 0 Å². The molecule has 0 amide bonds. The summed E-state index contributed by atoms with van der Waals surface area (Å²) >= 11 is 0. The van der Waals surface area contributed by atoms with E-state index < -0.39 is 0 Å². The molecule has 2 spiro atoms. The molecule has 0 radical (unpaired) electrons. The molecule has 1 aliphatic heterocycles. The Morgan fingerprint density at radius 2 is 1.50 bits per heavy atom. The number of epoxide rings is 1. The van der Waals surface area contributed by atoms with Gasteiger partial charge in [0, 0.05) is 0 Å². The van der Waals surface area contributed by atoms with Crippen LogP contribution in [0.25, 0.3) is 0 Å². The van der Waals surface area contributed by atoms with Crippen molar-refractivity contribution in [1.29, 1.82) is 0 Å². The van der Waals surface area contributed by atoms with Crippen LogP contribution in [0.2, 0.25) is 0 Å². The minimum absolute atomic E-state index is 0.436. The Balaban J connectivity index is 1.60. The Labute approximate surface area is 73.5 Å². The summed E-state index contributed by atoms with van der Waals surface area (Å²) in [7, 11) is 0. The predicted molar refractivity (Wildman–Crippen MR) is 45.8 cm³/mol. The lowest BCUT2D eigenvalue weighted by atomic mass is 9.97. The summed E-state index contributed by atoms with van der Waals surface area (Å²) in [6.07, 6.45) is 9.05. The molecule has 12 heavy (non-hydrogen) atoms. The second-order valence-electron chi connectivity index (χ2n) is 5.81. The standard InChI is InChI=1S/C11H16O/c1-2-10(1)3-8-5-11(7-12-11)6-9(8)4-10/h8-9H,1-7H2/t8-,9+,11?. The van der Waals surface area contributed by atoms with Crippen LogP contribution < -0.4 is 0 Å². The molecule has 0 aromatic heterocycles. The molecule has 1 heterocycles. The van der Waals surface area contributed by atoms with E-state index in [0.29, 0.717) is 5.60 Å². The summed E-state index contributed by atoms with van der Waals surface area (Å²) < 4.78 is 5.58. The first-order chi connectivity index (χ1) is 5.79. The Hall–Kier alpha value is -0.0400. The van der Waals surface area contributed by atoms with Crippen molar-refractivity contribution < 1.29 is 4.74 Å². The van der Waals surface area contributed by atoms with Crippen LogP contribution in [-0.4, -0.2) is 12.2 Å². The number of ether oxygens (including phenoxy) is 1. The molecule has 0 aromatic rings. The molecule has 1 nitrogen and oxygen atoms in total. The third-order valence-electron chi connectivity index (χ3n) is 4.84. The van der Waals surface area contributed by atoms with Crippen molar-refractivity contribution >= 4 is 0 Å².